The summed E-state index contributed by atoms with van der Waals surface area (Å²) in [5.74, 6) is -1.96. The highest BCUT2D eigenvalue weighted by Gasteiger charge is 2.20. The summed E-state index contributed by atoms with van der Waals surface area (Å²) in [5, 5.41) is 12.2. The predicted molar refractivity (Wildman–Crippen MR) is 84.8 cm³/mol. The second kappa shape index (κ2) is 7.74. The van der Waals surface area contributed by atoms with Gasteiger partial charge in [0.2, 0.25) is 5.91 Å². The second-order valence-electron chi connectivity index (χ2n) is 5.10. The van der Waals surface area contributed by atoms with E-state index in [4.69, 9.17) is 11.6 Å². The minimum atomic E-state index is -1.13. The molecule has 6 heteroatoms. The van der Waals surface area contributed by atoms with Crippen LogP contribution in [-0.4, -0.2) is 23.0 Å². The van der Waals surface area contributed by atoms with Crippen LogP contribution in [0.4, 0.5) is 4.39 Å². The van der Waals surface area contributed by atoms with Gasteiger partial charge in [0.05, 0.1) is 6.42 Å². The van der Waals surface area contributed by atoms with Crippen molar-refractivity contribution in [3.63, 3.8) is 0 Å². The average molecular weight is 336 g/mol. The van der Waals surface area contributed by atoms with Gasteiger partial charge in [0.15, 0.2) is 0 Å². The molecule has 2 rings (SSSR count). The normalized spacial score (nSPS) is 11.7. The molecule has 1 amide bonds. The Kier molecular flexibility index (Phi) is 5.71. The molecular weight excluding hydrogens is 321 g/mol. The van der Waals surface area contributed by atoms with Crippen LogP contribution >= 0.6 is 11.6 Å². The number of carboxylic acid groups (broad SMARTS) is 1. The molecule has 0 aromatic heterocycles. The molecule has 0 aliphatic carbocycles. The smallest absolute Gasteiger partial charge is 0.326 e. The van der Waals surface area contributed by atoms with Crippen LogP contribution in [0, 0.1) is 5.82 Å². The van der Waals surface area contributed by atoms with Crippen molar-refractivity contribution in [2.45, 2.75) is 18.9 Å². The Morgan fingerprint density at radius 2 is 1.83 bits per heavy atom. The van der Waals surface area contributed by atoms with E-state index >= 15 is 0 Å². The molecule has 0 radical (unpaired) electrons. The summed E-state index contributed by atoms with van der Waals surface area (Å²) in [6, 6.07) is 11.2. The maximum absolute atomic E-state index is 12.8. The van der Waals surface area contributed by atoms with Crippen molar-refractivity contribution in [1.82, 2.24) is 5.32 Å². The highest BCUT2D eigenvalue weighted by molar-refractivity contribution is 6.30. The number of carbonyl (C=O) groups excluding carboxylic acids is 1. The van der Waals surface area contributed by atoms with Crippen molar-refractivity contribution >= 4 is 23.5 Å². The van der Waals surface area contributed by atoms with E-state index in [0.29, 0.717) is 16.1 Å². The Bertz CT molecular complexity index is 703. The van der Waals surface area contributed by atoms with Gasteiger partial charge >= 0.3 is 5.97 Å². The van der Waals surface area contributed by atoms with Crippen molar-refractivity contribution < 1.29 is 19.1 Å². The third-order valence-corrected chi connectivity index (χ3v) is 3.48. The molecule has 2 aromatic rings. The third-order valence-electron chi connectivity index (χ3n) is 3.24. The van der Waals surface area contributed by atoms with Crippen LogP contribution in [0.25, 0.3) is 0 Å². The topological polar surface area (TPSA) is 66.4 Å². The molecular formula is C17H15ClFNO3. The van der Waals surface area contributed by atoms with Gasteiger partial charge in [-0.1, -0.05) is 35.9 Å². The van der Waals surface area contributed by atoms with Crippen molar-refractivity contribution in [2.75, 3.05) is 0 Å². The van der Waals surface area contributed by atoms with E-state index in [1.54, 1.807) is 24.3 Å². The number of aliphatic carboxylic acids is 1. The molecule has 0 fully saturated rings. The lowest BCUT2D eigenvalue weighted by molar-refractivity contribution is -0.141. The fourth-order valence-electron chi connectivity index (χ4n) is 2.13. The first-order valence-electron chi connectivity index (χ1n) is 6.95. The molecule has 0 heterocycles. The molecule has 0 saturated carbocycles. The maximum atomic E-state index is 12.8. The Hall–Kier alpha value is -2.40. The van der Waals surface area contributed by atoms with E-state index in [0.717, 1.165) is 0 Å². The molecule has 23 heavy (non-hydrogen) atoms. The summed E-state index contributed by atoms with van der Waals surface area (Å²) in [4.78, 5) is 23.3. The monoisotopic (exact) mass is 335 g/mol. The van der Waals surface area contributed by atoms with Gasteiger partial charge in [0, 0.05) is 11.4 Å². The molecule has 2 N–H and O–H groups in total. The summed E-state index contributed by atoms with van der Waals surface area (Å²) in [6.45, 7) is 0. The zero-order valence-electron chi connectivity index (χ0n) is 12.1. The first-order valence-corrected chi connectivity index (χ1v) is 7.33. The second-order valence-corrected chi connectivity index (χ2v) is 5.53. The Morgan fingerprint density at radius 1 is 1.13 bits per heavy atom. The van der Waals surface area contributed by atoms with Crippen molar-refractivity contribution in [3.8, 4) is 0 Å². The first-order chi connectivity index (χ1) is 10.9. The molecule has 0 unspecified atom stereocenters. The van der Waals surface area contributed by atoms with Crippen LogP contribution in [0.3, 0.4) is 0 Å². The van der Waals surface area contributed by atoms with Crippen molar-refractivity contribution in [1.29, 1.82) is 0 Å². The van der Waals surface area contributed by atoms with Crippen molar-refractivity contribution in [3.05, 3.63) is 70.5 Å². The Balaban J connectivity index is 1.99. The predicted octanol–water partition coefficient (Wildman–Crippen LogP) is 2.83. The average Bonchev–Trinajstić information content (AvgIpc) is 2.49. The fraction of sp³-hybridized carbons (Fsp3) is 0.176. The van der Waals surface area contributed by atoms with E-state index in [1.165, 1.54) is 24.3 Å². The molecule has 0 saturated heterocycles. The molecule has 1 atom stereocenters. The van der Waals surface area contributed by atoms with Gasteiger partial charge in [-0.15, -0.1) is 0 Å². The van der Waals surface area contributed by atoms with Crippen LogP contribution in [0.15, 0.2) is 48.5 Å². The molecule has 0 spiro atoms. The largest absolute Gasteiger partial charge is 0.480 e. The number of amides is 1. The Morgan fingerprint density at radius 3 is 2.43 bits per heavy atom. The molecule has 2 aromatic carbocycles. The van der Waals surface area contributed by atoms with Crippen molar-refractivity contribution in [2.24, 2.45) is 0 Å². The zero-order chi connectivity index (χ0) is 16.8. The van der Waals surface area contributed by atoms with E-state index in [9.17, 15) is 19.1 Å². The minimum Gasteiger partial charge on any atom is -0.480 e. The molecule has 0 aliphatic heterocycles. The lowest BCUT2D eigenvalue weighted by atomic mass is 10.1. The van der Waals surface area contributed by atoms with Gasteiger partial charge in [-0.25, -0.2) is 9.18 Å². The van der Waals surface area contributed by atoms with Gasteiger partial charge in [0.1, 0.15) is 11.9 Å². The van der Waals surface area contributed by atoms with Crippen LogP contribution in [-0.2, 0) is 22.4 Å². The van der Waals surface area contributed by atoms with E-state index in [2.05, 4.69) is 5.32 Å². The number of rotatable bonds is 6. The summed E-state index contributed by atoms with van der Waals surface area (Å²) < 4.78 is 12.8. The van der Waals surface area contributed by atoms with Gasteiger partial charge in [-0.2, -0.15) is 0 Å². The first kappa shape index (κ1) is 17.0. The summed E-state index contributed by atoms with van der Waals surface area (Å²) >= 11 is 5.87. The van der Waals surface area contributed by atoms with Gasteiger partial charge in [-0.05, 0) is 35.4 Å². The number of hydrogen-bond acceptors (Lipinski definition) is 2. The number of hydrogen-bond donors (Lipinski definition) is 2. The fourth-order valence-corrected chi connectivity index (χ4v) is 2.35. The molecule has 0 bridgehead atoms. The highest BCUT2D eigenvalue weighted by atomic mass is 35.5. The van der Waals surface area contributed by atoms with Gasteiger partial charge < -0.3 is 10.4 Å². The zero-order valence-corrected chi connectivity index (χ0v) is 12.9. The molecule has 0 aliphatic rings. The molecule has 4 nitrogen and oxygen atoms in total. The quantitative estimate of drug-likeness (QED) is 0.853. The van der Waals surface area contributed by atoms with Crippen LogP contribution in [0.1, 0.15) is 11.1 Å². The van der Waals surface area contributed by atoms with E-state index in [-0.39, 0.29) is 12.8 Å². The van der Waals surface area contributed by atoms with Crippen LogP contribution in [0.2, 0.25) is 5.02 Å². The van der Waals surface area contributed by atoms with Gasteiger partial charge in [0.25, 0.3) is 0 Å². The summed E-state index contributed by atoms with van der Waals surface area (Å²) in [5.41, 5.74) is 1.32. The van der Waals surface area contributed by atoms with Gasteiger partial charge in [-0.3, -0.25) is 4.79 Å². The Labute approximate surface area is 137 Å². The number of nitrogens with one attached hydrogen (secondary N) is 1. The third kappa shape index (κ3) is 5.38. The summed E-state index contributed by atoms with van der Waals surface area (Å²) in [6.07, 6.45) is 0.116. The number of benzene rings is 2. The van der Waals surface area contributed by atoms with Crippen LogP contribution in [0.5, 0.6) is 0 Å². The highest BCUT2D eigenvalue weighted by Crippen LogP contribution is 2.12. The summed E-state index contributed by atoms with van der Waals surface area (Å²) in [7, 11) is 0. The molecule has 120 valence electrons. The van der Waals surface area contributed by atoms with Crippen LogP contribution < -0.4 is 5.32 Å². The SMILES string of the molecule is O=C(Cc1ccc(F)cc1)N[C@H](Cc1cccc(Cl)c1)C(=O)O. The van der Waals surface area contributed by atoms with E-state index in [1.807, 2.05) is 0 Å². The van der Waals surface area contributed by atoms with E-state index < -0.39 is 23.7 Å². The number of carboxylic acids is 1. The number of carbonyl (C=O) groups is 2. The lowest BCUT2D eigenvalue weighted by Crippen LogP contribution is -2.43. The minimum absolute atomic E-state index is 0.0143. The lowest BCUT2D eigenvalue weighted by Gasteiger charge is -2.15. The number of halogens is 2. The standard InChI is InChI=1S/C17H15ClFNO3/c18-13-3-1-2-12(8-13)9-15(17(22)23)20-16(21)10-11-4-6-14(19)7-5-11/h1-8,15H,9-10H2,(H,20,21)(H,22,23)/t15-/m1/s1. The maximum Gasteiger partial charge on any atom is 0.326 e.